The number of likely N-dealkylation sites (tertiary alicyclic amines) is 1. The number of piperidine rings is 1. The third-order valence-electron chi connectivity index (χ3n) is 3.71. The normalized spacial score (nSPS) is 20.6. The van der Waals surface area contributed by atoms with Crippen LogP contribution in [-0.4, -0.2) is 30.0 Å². The van der Waals surface area contributed by atoms with Crippen LogP contribution < -0.4 is 4.74 Å². The highest BCUT2D eigenvalue weighted by Crippen LogP contribution is 2.19. The largest absolute Gasteiger partial charge is 0.481 e. The molecule has 1 heterocycles. The number of halogens is 1. The summed E-state index contributed by atoms with van der Waals surface area (Å²) in [5.74, 6) is 0.831. The molecule has 0 bridgehead atoms. The van der Waals surface area contributed by atoms with Crippen LogP contribution in [0.3, 0.4) is 0 Å². The zero-order valence-electron chi connectivity index (χ0n) is 12.1. The lowest BCUT2D eigenvalue weighted by molar-refractivity contribution is -0.140. The van der Waals surface area contributed by atoms with Crippen LogP contribution in [0.25, 0.3) is 0 Å². The first-order chi connectivity index (χ1) is 9.60. The van der Waals surface area contributed by atoms with E-state index < -0.39 is 6.10 Å². The lowest BCUT2D eigenvalue weighted by Crippen LogP contribution is -2.46. The van der Waals surface area contributed by atoms with E-state index in [9.17, 15) is 9.18 Å². The number of amides is 1. The number of nitrogens with zero attached hydrogens (tertiary/aromatic N) is 1. The summed E-state index contributed by atoms with van der Waals surface area (Å²) >= 11 is 0. The Balaban J connectivity index is 2.00. The minimum atomic E-state index is -0.481. The van der Waals surface area contributed by atoms with E-state index in [4.69, 9.17) is 4.74 Å². The highest BCUT2D eigenvalue weighted by Gasteiger charge is 2.27. The maximum absolute atomic E-state index is 12.9. The number of rotatable bonds is 4. The minimum Gasteiger partial charge on any atom is -0.481 e. The SMILES string of the molecule is CC[C@H](Oc1ccc(F)cc1)C(=O)N1CCC[C@H](C)C1. The van der Waals surface area contributed by atoms with Crippen LogP contribution in [0.2, 0.25) is 0 Å². The van der Waals surface area contributed by atoms with Crippen LogP contribution >= 0.6 is 0 Å². The van der Waals surface area contributed by atoms with Crippen molar-refractivity contribution in [2.75, 3.05) is 13.1 Å². The smallest absolute Gasteiger partial charge is 0.263 e. The van der Waals surface area contributed by atoms with Crippen molar-refractivity contribution in [3.05, 3.63) is 30.1 Å². The van der Waals surface area contributed by atoms with Gasteiger partial charge in [-0.3, -0.25) is 4.79 Å². The van der Waals surface area contributed by atoms with E-state index in [1.54, 1.807) is 12.1 Å². The lowest BCUT2D eigenvalue weighted by atomic mass is 9.99. The first-order valence-electron chi connectivity index (χ1n) is 7.31. The molecule has 0 radical (unpaired) electrons. The zero-order chi connectivity index (χ0) is 14.5. The van der Waals surface area contributed by atoms with E-state index >= 15 is 0 Å². The van der Waals surface area contributed by atoms with Gasteiger partial charge in [0.1, 0.15) is 11.6 Å². The van der Waals surface area contributed by atoms with Crippen molar-refractivity contribution < 1.29 is 13.9 Å². The quantitative estimate of drug-likeness (QED) is 0.846. The summed E-state index contributed by atoms with van der Waals surface area (Å²) < 4.78 is 18.6. The third kappa shape index (κ3) is 3.71. The molecular weight excluding hydrogens is 257 g/mol. The molecule has 1 amide bonds. The summed E-state index contributed by atoms with van der Waals surface area (Å²) in [5, 5.41) is 0. The van der Waals surface area contributed by atoms with E-state index in [0.29, 0.717) is 18.1 Å². The molecule has 0 aromatic heterocycles. The second-order valence-electron chi connectivity index (χ2n) is 5.50. The van der Waals surface area contributed by atoms with Gasteiger partial charge < -0.3 is 9.64 Å². The highest BCUT2D eigenvalue weighted by atomic mass is 19.1. The number of carbonyl (C=O) groups excluding carboxylic acids is 1. The number of carbonyl (C=O) groups is 1. The molecule has 0 saturated carbocycles. The Morgan fingerprint density at radius 3 is 2.75 bits per heavy atom. The Morgan fingerprint density at radius 1 is 1.45 bits per heavy atom. The molecule has 4 heteroatoms. The van der Waals surface area contributed by atoms with Crippen molar-refractivity contribution in [3.63, 3.8) is 0 Å². The fourth-order valence-corrected chi connectivity index (χ4v) is 2.58. The van der Waals surface area contributed by atoms with Crippen molar-refractivity contribution >= 4 is 5.91 Å². The summed E-state index contributed by atoms with van der Waals surface area (Å²) in [4.78, 5) is 14.4. The minimum absolute atomic E-state index is 0.0448. The fraction of sp³-hybridized carbons (Fsp3) is 0.562. The molecule has 20 heavy (non-hydrogen) atoms. The van der Waals surface area contributed by atoms with E-state index in [-0.39, 0.29) is 11.7 Å². The van der Waals surface area contributed by atoms with E-state index in [1.165, 1.54) is 18.6 Å². The molecule has 0 aliphatic carbocycles. The fourth-order valence-electron chi connectivity index (χ4n) is 2.58. The second kappa shape index (κ2) is 6.73. The summed E-state index contributed by atoms with van der Waals surface area (Å²) in [7, 11) is 0. The predicted molar refractivity (Wildman–Crippen MR) is 76.1 cm³/mol. The zero-order valence-corrected chi connectivity index (χ0v) is 12.1. The number of hydrogen-bond acceptors (Lipinski definition) is 2. The van der Waals surface area contributed by atoms with Gasteiger partial charge in [-0.15, -0.1) is 0 Å². The molecule has 1 aliphatic rings. The van der Waals surface area contributed by atoms with Crippen molar-refractivity contribution in [2.45, 2.75) is 39.2 Å². The van der Waals surface area contributed by atoms with Crippen molar-refractivity contribution in [3.8, 4) is 5.75 Å². The molecule has 1 fully saturated rings. The van der Waals surface area contributed by atoms with Crippen LogP contribution in [0.1, 0.15) is 33.1 Å². The standard InChI is InChI=1S/C16H22FNO2/c1-3-15(20-14-8-6-13(17)7-9-14)16(19)18-10-4-5-12(2)11-18/h6-9,12,15H,3-5,10-11H2,1-2H3/t12-,15-/m0/s1. The first kappa shape index (κ1) is 14.8. The van der Waals surface area contributed by atoms with Crippen molar-refractivity contribution in [1.29, 1.82) is 0 Å². The number of benzene rings is 1. The van der Waals surface area contributed by atoms with Crippen LogP contribution in [-0.2, 0) is 4.79 Å². The molecule has 3 nitrogen and oxygen atoms in total. The maximum Gasteiger partial charge on any atom is 0.263 e. The molecule has 2 atom stereocenters. The molecule has 0 spiro atoms. The number of hydrogen-bond donors (Lipinski definition) is 0. The molecule has 2 rings (SSSR count). The third-order valence-corrected chi connectivity index (χ3v) is 3.71. The van der Waals surface area contributed by atoms with Gasteiger partial charge in [0.05, 0.1) is 0 Å². The monoisotopic (exact) mass is 279 g/mol. The van der Waals surface area contributed by atoms with Gasteiger partial charge in [-0.2, -0.15) is 0 Å². The average molecular weight is 279 g/mol. The molecule has 110 valence electrons. The van der Waals surface area contributed by atoms with Crippen LogP contribution in [0.15, 0.2) is 24.3 Å². The van der Waals surface area contributed by atoms with Crippen LogP contribution in [0.4, 0.5) is 4.39 Å². The van der Waals surface area contributed by atoms with Gasteiger partial charge in [0.25, 0.3) is 5.91 Å². The van der Waals surface area contributed by atoms with Gasteiger partial charge in [-0.25, -0.2) is 4.39 Å². The predicted octanol–water partition coefficient (Wildman–Crippen LogP) is 3.24. The van der Waals surface area contributed by atoms with Gasteiger partial charge in [-0.1, -0.05) is 13.8 Å². The first-order valence-corrected chi connectivity index (χ1v) is 7.31. The Morgan fingerprint density at radius 2 is 2.15 bits per heavy atom. The topological polar surface area (TPSA) is 29.5 Å². The lowest BCUT2D eigenvalue weighted by Gasteiger charge is -2.33. The molecule has 1 aliphatic heterocycles. The molecule has 1 aromatic rings. The summed E-state index contributed by atoms with van der Waals surface area (Å²) in [6, 6.07) is 5.80. The van der Waals surface area contributed by atoms with Gasteiger partial charge >= 0.3 is 0 Å². The van der Waals surface area contributed by atoms with Crippen molar-refractivity contribution in [2.24, 2.45) is 5.92 Å². The van der Waals surface area contributed by atoms with Gasteiger partial charge in [0, 0.05) is 13.1 Å². The summed E-state index contributed by atoms with van der Waals surface area (Å²) in [6.45, 7) is 5.72. The molecule has 1 saturated heterocycles. The Kier molecular flexibility index (Phi) is 4.99. The molecule has 0 N–H and O–H groups in total. The molecular formula is C16H22FNO2. The van der Waals surface area contributed by atoms with Crippen LogP contribution in [0, 0.1) is 11.7 Å². The molecule has 1 aromatic carbocycles. The Bertz CT molecular complexity index is 446. The van der Waals surface area contributed by atoms with Crippen LogP contribution in [0.5, 0.6) is 5.75 Å². The van der Waals surface area contributed by atoms with Gasteiger partial charge in [-0.05, 0) is 49.4 Å². The van der Waals surface area contributed by atoms with E-state index in [1.807, 2.05) is 11.8 Å². The average Bonchev–Trinajstić information content (AvgIpc) is 2.46. The van der Waals surface area contributed by atoms with Gasteiger partial charge in [0.15, 0.2) is 6.10 Å². The van der Waals surface area contributed by atoms with E-state index in [2.05, 4.69) is 6.92 Å². The van der Waals surface area contributed by atoms with E-state index in [0.717, 1.165) is 19.5 Å². The highest BCUT2D eigenvalue weighted by molar-refractivity contribution is 5.81. The Labute approximate surface area is 119 Å². The Hall–Kier alpha value is -1.58. The maximum atomic E-state index is 12.9. The summed E-state index contributed by atoms with van der Waals surface area (Å²) in [6.07, 6.45) is 2.37. The van der Waals surface area contributed by atoms with Gasteiger partial charge in [0.2, 0.25) is 0 Å². The second-order valence-corrected chi connectivity index (χ2v) is 5.50. The van der Waals surface area contributed by atoms with Crippen molar-refractivity contribution in [1.82, 2.24) is 4.90 Å². The number of ether oxygens (including phenoxy) is 1. The summed E-state index contributed by atoms with van der Waals surface area (Å²) in [5.41, 5.74) is 0. The molecule has 0 unspecified atom stereocenters.